The summed E-state index contributed by atoms with van der Waals surface area (Å²) in [6.45, 7) is 2.24. The van der Waals surface area contributed by atoms with Gasteiger partial charge in [-0.1, -0.05) is 62.2 Å². The van der Waals surface area contributed by atoms with Crippen molar-refractivity contribution in [1.29, 1.82) is 10.5 Å². The third kappa shape index (κ3) is 8.80. The number of nitrogens with zero attached hydrogens (tertiary/aromatic N) is 3. The van der Waals surface area contributed by atoms with Gasteiger partial charge in [0.2, 0.25) is 0 Å². The molecule has 7 aromatic rings. The number of hydrogen-bond acceptors (Lipinski definition) is 10. The van der Waals surface area contributed by atoms with Gasteiger partial charge in [0, 0.05) is 54.5 Å². The summed E-state index contributed by atoms with van der Waals surface area (Å²) in [4.78, 5) is 35.2. The third-order valence-electron chi connectivity index (χ3n) is 9.93. The van der Waals surface area contributed by atoms with Crippen LogP contribution in [0.1, 0.15) is 47.9 Å². The van der Waals surface area contributed by atoms with E-state index in [1.165, 1.54) is 66.1 Å². The molecule has 0 saturated carbocycles. The van der Waals surface area contributed by atoms with Crippen molar-refractivity contribution in [1.82, 2.24) is 0 Å². The second-order valence-corrected chi connectivity index (χ2v) is 19.4. The average molecular weight is 878 g/mol. The van der Waals surface area contributed by atoms with Crippen LogP contribution in [0.5, 0.6) is 0 Å². The highest BCUT2D eigenvalue weighted by atomic mass is 32.2. The molecule has 296 valence electrons. The molecule has 0 radical (unpaired) electrons. The van der Waals surface area contributed by atoms with Crippen LogP contribution < -0.4 is 4.90 Å². The van der Waals surface area contributed by atoms with E-state index in [9.17, 15) is 30.3 Å². The Kier molecular flexibility index (Phi) is 12.3. The number of carbonyl (C=O) groups is 2. The van der Waals surface area contributed by atoms with Gasteiger partial charge in [-0.15, -0.1) is 45.3 Å². The van der Waals surface area contributed by atoms with Gasteiger partial charge in [0.15, 0.2) is 0 Å². The first-order chi connectivity index (χ1) is 29.2. The van der Waals surface area contributed by atoms with Gasteiger partial charge in [0.05, 0.1) is 11.4 Å². The molecule has 7 nitrogen and oxygen atoms in total. The van der Waals surface area contributed by atoms with Crippen LogP contribution in [-0.4, -0.2) is 22.2 Å². The number of rotatable bonds is 14. The van der Waals surface area contributed by atoms with Gasteiger partial charge in [0.25, 0.3) is 0 Å². The van der Waals surface area contributed by atoms with E-state index in [0.29, 0.717) is 9.75 Å². The Morgan fingerprint density at radius 2 is 1.05 bits per heavy atom. The number of thiophene rings is 4. The van der Waals surface area contributed by atoms with Gasteiger partial charge >= 0.3 is 11.9 Å². The molecule has 5 heterocycles. The predicted molar refractivity (Wildman–Crippen MR) is 249 cm³/mol. The highest BCUT2D eigenvalue weighted by Crippen LogP contribution is 2.54. The summed E-state index contributed by atoms with van der Waals surface area (Å²) in [5.41, 5.74) is 6.29. The lowest BCUT2D eigenvalue weighted by Crippen LogP contribution is -2.15. The highest BCUT2D eigenvalue weighted by Gasteiger charge is 2.26. The highest BCUT2D eigenvalue weighted by molar-refractivity contribution is 7.99. The van der Waals surface area contributed by atoms with E-state index in [4.69, 9.17) is 0 Å². The maximum absolute atomic E-state index is 11.4. The Morgan fingerprint density at radius 1 is 0.583 bits per heavy atom. The van der Waals surface area contributed by atoms with Crippen LogP contribution in [0.25, 0.3) is 52.5 Å². The van der Waals surface area contributed by atoms with Gasteiger partial charge in [-0.2, -0.15) is 10.5 Å². The molecular weight excluding hydrogens is 843 g/mol. The molecular formula is C48H35N3O4S5. The summed E-state index contributed by atoms with van der Waals surface area (Å²) in [5, 5.41) is 37.0. The van der Waals surface area contributed by atoms with Crippen LogP contribution in [0.4, 0.5) is 17.1 Å². The topological polar surface area (TPSA) is 125 Å². The van der Waals surface area contributed by atoms with E-state index in [0.717, 1.165) is 73.7 Å². The van der Waals surface area contributed by atoms with Crippen LogP contribution in [0.2, 0.25) is 0 Å². The minimum Gasteiger partial charge on any atom is -0.477 e. The molecule has 1 aliphatic rings. The molecule has 60 heavy (non-hydrogen) atoms. The molecule has 4 aromatic heterocycles. The molecule has 2 N–H and O–H groups in total. The summed E-state index contributed by atoms with van der Waals surface area (Å²) in [6.07, 6.45) is 8.81. The number of carboxylic acid groups (broad SMARTS) is 2. The van der Waals surface area contributed by atoms with E-state index in [1.807, 2.05) is 24.3 Å². The molecule has 0 amide bonds. The number of hydrogen-bond donors (Lipinski definition) is 2. The summed E-state index contributed by atoms with van der Waals surface area (Å²) in [7, 11) is 0. The lowest BCUT2D eigenvalue weighted by atomic mass is 10.0. The number of anilines is 3. The van der Waals surface area contributed by atoms with Crippen molar-refractivity contribution >= 4 is 98.3 Å². The number of fused-ring (bicyclic) bond motifs is 2. The smallest absolute Gasteiger partial charge is 0.346 e. The fourth-order valence-corrected chi connectivity index (χ4v) is 12.1. The van der Waals surface area contributed by atoms with Crippen molar-refractivity contribution < 1.29 is 19.8 Å². The van der Waals surface area contributed by atoms with Gasteiger partial charge in [-0.25, -0.2) is 9.59 Å². The van der Waals surface area contributed by atoms with Crippen molar-refractivity contribution in [2.75, 3.05) is 4.90 Å². The van der Waals surface area contributed by atoms with Crippen LogP contribution in [0, 0.1) is 22.7 Å². The average Bonchev–Trinajstić information content (AvgIpc) is 4.10. The predicted octanol–water partition coefficient (Wildman–Crippen LogP) is 14.6. The first-order valence-electron chi connectivity index (χ1n) is 19.2. The summed E-state index contributed by atoms with van der Waals surface area (Å²) >= 11 is 8.03. The second-order valence-electron chi connectivity index (χ2n) is 14.0. The van der Waals surface area contributed by atoms with Crippen molar-refractivity contribution in [3.8, 4) is 52.5 Å². The lowest BCUT2D eigenvalue weighted by molar-refractivity contribution is -0.133. The van der Waals surface area contributed by atoms with Crippen LogP contribution in [-0.2, 0) is 16.0 Å². The molecule has 0 bridgehead atoms. The Hall–Kier alpha value is -5.99. The summed E-state index contributed by atoms with van der Waals surface area (Å²) < 4.78 is 0. The molecule has 8 rings (SSSR count). The number of carboxylic acids is 2. The zero-order valence-corrected chi connectivity index (χ0v) is 36.3. The third-order valence-corrected chi connectivity index (χ3v) is 15.7. The zero-order chi connectivity index (χ0) is 41.8. The minimum atomic E-state index is -1.24. The van der Waals surface area contributed by atoms with E-state index in [-0.39, 0.29) is 11.1 Å². The maximum Gasteiger partial charge on any atom is 0.346 e. The zero-order valence-electron chi connectivity index (χ0n) is 32.2. The first-order valence-corrected chi connectivity index (χ1v) is 23.3. The fraction of sp³-hybridized carbons (Fsp3) is 0.125. The lowest BCUT2D eigenvalue weighted by Gasteiger charge is -2.33. The van der Waals surface area contributed by atoms with Gasteiger partial charge < -0.3 is 15.1 Å². The van der Waals surface area contributed by atoms with E-state index < -0.39 is 11.9 Å². The maximum atomic E-state index is 11.4. The van der Waals surface area contributed by atoms with E-state index >= 15 is 0 Å². The Balaban J connectivity index is 1.11. The van der Waals surface area contributed by atoms with E-state index in [2.05, 4.69) is 96.8 Å². The quantitative estimate of drug-likeness (QED) is 0.0628. The number of nitriles is 2. The fourth-order valence-electron chi connectivity index (χ4n) is 6.91. The molecule has 0 spiro atoms. The molecule has 0 fully saturated rings. The number of aryl methyl sites for hydroxylation is 1. The van der Waals surface area contributed by atoms with Crippen LogP contribution in [0.3, 0.4) is 0 Å². The van der Waals surface area contributed by atoms with Crippen molar-refractivity contribution in [3.63, 3.8) is 0 Å². The SMILES string of the molecule is CCCCCCc1ccc(N2c3ccc(-c4ccc(-c5ccc(/C=C(/C#N)C(=O)O)s5)s4)cc3Sc3cc(-c4ccc(-c5ccc(/C=C(/C#N)C(=O)O)s5)s4)ccc32)cc1. The summed E-state index contributed by atoms with van der Waals surface area (Å²) in [5.74, 6) is -2.47. The van der Waals surface area contributed by atoms with Crippen molar-refractivity contribution in [3.05, 3.63) is 136 Å². The normalized spacial score (nSPS) is 12.4. The molecule has 1 aliphatic heterocycles. The second kappa shape index (κ2) is 18.1. The van der Waals surface area contributed by atoms with Gasteiger partial charge in [-0.05, 0) is 127 Å². The number of unbranched alkanes of at least 4 members (excludes halogenated alkanes) is 3. The standard InChI is InChI=1S/C48H35N3O4S5/c1-2-3-4-5-6-29-7-11-34(12-8-29)51-37-15-9-30(39-19-21-43(58-39)41-17-13-35(56-41)23-32(27-49)47(52)53)25-45(37)60-46-26-31(10-16-38(46)51)40-20-22-44(59-40)42-18-14-36(57-42)24-33(28-50)48(54)55/h7-26H,2-6H2,1H3,(H,52,53)(H,54,55)/b32-23-,33-24-. The summed E-state index contributed by atoms with van der Waals surface area (Å²) in [6, 6.07) is 41.9. The minimum absolute atomic E-state index is 0.291. The molecule has 0 aliphatic carbocycles. The monoisotopic (exact) mass is 877 g/mol. The molecule has 0 unspecified atom stereocenters. The Labute approximate surface area is 368 Å². The molecule has 0 atom stereocenters. The molecule has 12 heteroatoms. The number of aliphatic carboxylic acids is 2. The van der Waals surface area contributed by atoms with Gasteiger partial charge in [-0.3, -0.25) is 0 Å². The van der Waals surface area contributed by atoms with Crippen molar-refractivity contribution in [2.45, 2.75) is 48.8 Å². The number of benzene rings is 3. The molecule has 0 saturated heterocycles. The Morgan fingerprint density at radius 3 is 1.52 bits per heavy atom. The van der Waals surface area contributed by atoms with Crippen LogP contribution >= 0.6 is 57.1 Å². The van der Waals surface area contributed by atoms with Crippen molar-refractivity contribution in [2.24, 2.45) is 0 Å². The first kappa shape index (κ1) is 40.8. The van der Waals surface area contributed by atoms with Crippen LogP contribution in [0.15, 0.2) is 130 Å². The van der Waals surface area contributed by atoms with E-state index in [1.54, 1.807) is 46.6 Å². The van der Waals surface area contributed by atoms with Gasteiger partial charge in [0.1, 0.15) is 23.3 Å². The molecule has 3 aromatic carbocycles. The Bertz CT molecular complexity index is 2730. The largest absolute Gasteiger partial charge is 0.477 e.